The highest BCUT2D eigenvalue weighted by Gasteiger charge is 2.41. The van der Waals surface area contributed by atoms with E-state index in [4.69, 9.17) is 0 Å². The summed E-state index contributed by atoms with van der Waals surface area (Å²) < 4.78 is 0. The van der Waals surface area contributed by atoms with E-state index in [0.29, 0.717) is 26.2 Å². The summed E-state index contributed by atoms with van der Waals surface area (Å²) >= 11 is 1.56. The lowest BCUT2D eigenvalue weighted by Gasteiger charge is -2.32. The zero-order chi connectivity index (χ0) is 19.5. The molecular weight excluding hydrogens is 352 g/mol. The van der Waals surface area contributed by atoms with Crippen LogP contribution in [0, 0.1) is 11.3 Å². The fraction of sp³-hybridized carbons (Fsp3) is 0.722. The van der Waals surface area contributed by atoms with Crippen LogP contribution < -0.4 is 5.32 Å². The Morgan fingerprint density at radius 2 is 2.12 bits per heavy atom. The van der Waals surface area contributed by atoms with Crippen molar-refractivity contribution < 1.29 is 14.7 Å². The number of carboxylic acid groups (broad SMARTS) is 1. The van der Waals surface area contributed by atoms with Gasteiger partial charge in [0.25, 0.3) is 0 Å². The van der Waals surface area contributed by atoms with Crippen molar-refractivity contribution in [3.8, 4) is 0 Å². The number of carboxylic acids is 1. The number of amides is 2. The van der Waals surface area contributed by atoms with Crippen molar-refractivity contribution in [1.29, 1.82) is 0 Å². The maximum Gasteiger partial charge on any atom is 0.326 e. The Bertz CT molecular complexity index is 641. The summed E-state index contributed by atoms with van der Waals surface area (Å²) in [5.41, 5.74) is 0.866. The third-order valence-electron chi connectivity index (χ3n) is 4.47. The molecule has 0 spiro atoms. The van der Waals surface area contributed by atoms with Crippen molar-refractivity contribution in [1.82, 2.24) is 20.1 Å². The number of carbonyl (C=O) groups excluding carboxylic acids is 1. The fourth-order valence-corrected chi connectivity index (χ4v) is 4.41. The molecule has 2 atom stereocenters. The lowest BCUT2D eigenvalue weighted by atomic mass is 9.82. The van der Waals surface area contributed by atoms with Crippen LogP contribution in [0.5, 0.6) is 0 Å². The van der Waals surface area contributed by atoms with Gasteiger partial charge in [-0.15, -0.1) is 11.3 Å². The van der Waals surface area contributed by atoms with E-state index in [1.807, 2.05) is 19.4 Å². The second-order valence-electron chi connectivity index (χ2n) is 8.19. The number of nitrogens with zero attached hydrogens (tertiary/aromatic N) is 3. The lowest BCUT2D eigenvalue weighted by Crippen LogP contribution is -2.48. The smallest absolute Gasteiger partial charge is 0.326 e. The van der Waals surface area contributed by atoms with Crippen LogP contribution in [-0.2, 0) is 17.9 Å². The average Bonchev–Trinajstić information content (AvgIpc) is 3.07. The van der Waals surface area contributed by atoms with Crippen molar-refractivity contribution >= 4 is 23.3 Å². The highest BCUT2D eigenvalue weighted by molar-refractivity contribution is 7.09. The first kappa shape index (κ1) is 20.6. The number of aromatic nitrogens is 1. The first-order valence-electron chi connectivity index (χ1n) is 8.98. The maximum absolute atomic E-state index is 12.8. The molecule has 1 aliphatic heterocycles. The molecule has 2 amide bonds. The molecule has 0 saturated carbocycles. The Morgan fingerprint density at radius 3 is 2.69 bits per heavy atom. The Morgan fingerprint density at radius 1 is 1.42 bits per heavy atom. The molecule has 0 aromatic carbocycles. The molecule has 1 unspecified atom stereocenters. The third-order valence-corrected chi connectivity index (χ3v) is 5.37. The molecule has 2 N–H and O–H groups in total. The van der Waals surface area contributed by atoms with Crippen LogP contribution in [-0.4, -0.2) is 58.1 Å². The standard InChI is InChI=1S/C18H30N4O3S/c1-12(8-18(2,3)4)15(16(23)24)22-7-6-21(17(22)25)10-13-11-26-14(20-13)9-19-5/h11-12,15,19H,6-10H2,1-5H3,(H,23,24)/t12?,15-/m0/s1. The summed E-state index contributed by atoms with van der Waals surface area (Å²) in [7, 11) is 1.87. The number of hydrogen-bond acceptors (Lipinski definition) is 5. The first-order chi connectivity index (χ1) is 12.1. The Kier molecular flexibility index (Phi) is 6.63. The van der Waals surface area contributed by atoms with Gasteiger partial charge in [-0.2, -0.15) is 0 Å². The minimum Gasteiger partial charge on any atom is -0.480 e. The normalized spacial score (nSPS) is 17.7. The van der Waals surface area contributed by atoms with Crippen LogP contribution in [0.15, 0.2) is 5.38 Å². The molecule has 7 nitrogen and oxygen atoms in total. The summed E-state index contributed by atoms with van der Waals surface area (Å²) in [6.07, 6.45) is 0.743. The molecule has 8 heteroatoms. The molecule has 2 rings (SSSR count). The predicted octanol–water partition coefficient (Wildman–Crippen LogP) is 2.63. The van der Waals surface area contributed by atoms with Crippen LogP contribution in [0.25, 0.3) is 0 Å². The van der Waals surface area contributed by atoms with Gasteiger partial charge < -0.3 is 20.2 Å². The highest BCUT2D eigenvalue weighted by atomic mass is 32.1. The van der Waals surface area contributed by atoms with Gasteiger partial charge in [-0.1, -0.05) is 27.7 Å². The number of urea groups is 1. The van der Waals surface area contributed by atoms with Crippen LogP contribution in [0.4, 0.5) is 4.79 Å². The van der Waals surface area contributed by atoms with Gasteiger partial charge in [-0.25, -0.2) is 14.6 Å². The Balaban J connectivity index is 2.06. The highest BCUT2D eigenvalue weighted by Crippen LogP contribution is 2.30. The van der Waals surface area contributed by atoms with Gasteiger partial charge in [0, 0.05) is 25.0 Å². The van der Waals surface area contributed by atoms with Gasteiger partial charge in [0.15, 0.2) is 0 Å². The molecule has 146 valence electrons. The molecule has 0 aliphatic carbocycles. The van der Waals surface area contributed by atoms with Crippen molar-refractivity contribution in [2.24, 2.45) is 11.3 Å². The van der Waals surface area contributed by atoms with E-state index in [2.05, 4.69) is 31.1 Å². The monoisotopic (exact) mass is 382 g/mol. The van der Waals surface area contributed by atoms with Gasteiger partial charge in [-0.05, 0) is 24.8 Å². The molecule has 2 heterocycles. The SMILES string of the molecule is CNCc1nc(CN2CCN([C@H](C(=O)O)C(C)CC(C)(C)C)C2=O)cs1. The summed E-state index contributed by atoms with van der Waals surface area (Å²) in [5, 5.41) is 15.7. The second kappa shape index (κ2) is 8.35. The van der Waals surface area contributed by atoms with E-state index in [1.54, 1.807) is 16.2 Å². The van der Waals surface area contributed by atoms with E-state index in [0.717, 1.165) is 17.1 Å². The molecule has 26 heavy (non-hydrogen) atoms. The minimum absolute atomic E-state index is 0.0138. The minimum atomic E-state index is -0.929. The lowest BCUT2D eigenvalue weighted by molar-refractivity contribution is -0.144. The predicted molar refractivity (Wildman–Crippen MR) is 102 cm³/mol. The summed E-state index contributed by atoms with van der Waals surface area (Å²) in [6.45, 7) is 10.3. The van der Waals surface area contributed by atoms with Crippen molar-refractivity contribution in [2.45, 2.75) is 53.2 Å². The van der Waals surface area contributed by atoms with E-state index in [-0.39, 0.29) is 17.4 Å². The summed E-state index contributed by atoms with van der Waals surface area (Å²) in [5.74, 6) is -1.04. The molecular formula is C18H30N4O3S. The summed E-state index contributed by atoms with van der Waals surface area (Å²) in [6, 6.07) is -0.997. The Hall–Kier alpha value is -1.67. The molecule has 1 aromatic rings. The number of aliphatic carboxylic acids is 1. The number of hydrogen-bond donors (Lipinski definition) is 2. The van der Waals surface area contributed by atoms with Gasteiger partial charge in [0.2, 0.25) is 0 Å². The summed E-state index contributed by atoms with van der Waals surface area (Å²) in [4.78, 5) is 32.4. The molecule has 1 fully saturated rings. The first-order valence-corrected chi connectivity index (χ1v) is 9.86. The van der Waals surface area contributed by atoms with Crippen molar-refractivity contribution in [3.05, 3.63) is 16.1 Å². The molecule has 1 aliphatic rings. The van der Waals surface area contributed by atoms with Crippen molar-refractivity contribution in [3.63, 3.8) is 0 Å². The number of thiazole rings is 1. The van der Waals surface area contributed by atoms with Crippen LogP contribution in [0.1, 0.15) is 44.8 Å². The molecule has 0 bridgehead atoms. The van der Waals surface area contributed by atoms with Crippen molar-refractivity contribution in [2.75, 3.05) is 20.1 Å². The number of rotatable bonds is 8. The average molecular weight is 383 g/mol. The maximum atomic E-state index is 12.8. The quantitative estimate of drug-likeness (QED) is 0.722. The van der Waals surface area contributed by atoms with E-state index in [9.17, 15) is 14.7 Å². The fourth-order valence-electron chi connectivity index (χ4n) is 3.62. The molecule has 1 aromatic heterocycles. The van der Waals surface area contributed by atoms with Crippen LogP contribution >= 0.6 is 11.3 Å². The molecule has 1 saturated heterocycles. The second-order valence-corrected chi connectivity index (χ2v) is 9.13. The number of nitrogens with one attached hydrogen (secondary N) is 1. The van der Waals surface area contributed by atoms with E-state index >= 15 is 0 Å². The van der Waals surface area contributed by atoms with Crippen LogP contribution in [0.2, 0.25) is 0 Å². The van der Waals surface area contributed by atoms with Crippen LogP contribution in [0.3, 0.4) is 0 Å². The topological polar surface area (TPSA) is 85.8 Å². The van der Waals surface area contributed by atoms with Gasteiger partial charge in [0.05, 0.1) is 12.2 Å². The van der Waals surface area contributed by atoms with Gasteiger partial charge >= 0.3 is 12.0 Å². The number of carbonyl (C=O) groups is 2. The van der Waals surface area contributed by atoms with E-state index < -0.39 is 12.0 Å². The largest absolute Gasteiger partial charge is 0.480 e. The Labute approximate surface area is 159 Å². The zero-order valence-electron chi connectivity index (χ0n) is 16.3. The van der Waals surface area contributed by atoms with E-state index in [1.165, 1.54) is 4.90 Å². The third kappa shape index (κ3) is 5.17. The zero-order valence-corrected chi connectivity index (χ0v) is 17.1. The van der Waals surface area contributed by atoms with Gasteiger partial charge in [-0.3, -0.25) is 0 Å². The van der Waals surface area contributed by atoms with Gasteiger partial charge in [0.1, 0.15) is 11.0 Å². The molecule has 0 radical (unpaired) electrons.